The molecule has 1 aliphatic heterocycles. The number of hydrogen-bond acceptors (Lipinski definition) is 1. The second-order valence-electron chi connectivity index (χ2n) is 4.08. The monoisotopic (exact) mass is 347 g/mol. The Balaban J connectivity index is 2.13. The predicted octanol–water partition coefficient (Wildman–Crippen LogP) is 3.78. The molecule has 2 aromatic rings. The lowest BCUT2D eigenvalue weighted by Crippen LogP contribution is -2.03. The van der Waals surface area contributed by atoms with Crippen molar-refractivity contribution in [1.82, 2.24) is 0 Å². The zero-order valence-corrected chi connectivity index (χ0v) is 11.6. The topological polar surface area (TPSA) is 29.1 Å². The van der Waals surface area contributed by atoms with Gasteiger partial charge in [-0.3, -0.25) is 4.79 Å². The average molecular weight is 347 g/mol. The SMILES string of the molecule is O=C1Nc2ccccc2/C1=C\c1ccccc1I. The van der Waals surface area contributed by atoms with E-state index in [2.05, 4.69) is 27.9 Å². The van der Waals surface area contributed by atoms with Gasteiger partial charge in [-0.2, -0.15) is 0 Å². The summed E-state index contributed by atoms with van der Waals surface area (Å²) >= 11 is 2.28. The van der Waals surface area contributed by atoms with Gasteiger partial charge in [0.25, 0.3) is 5.91 Å². The summed E-state index contributed by atoms with van der Waals surface area (Å²) in [6.45, 7) is 0. The van der Waals surface area contributed by atoms with Crippen LogP contribution in [0.5, 0.6) is 0 Å². The van der Waals surface area contributed by atoms with E-state index in [0.29, 0.717) is 0 Å². The number of para-hydroxylation sites is 1. The zero-order valence-electron chi connectivity index (χ0n) is 9.48. The van der Waals surface area contributed by atoms with Crippen molar-refractivity contribution < 1.29 is 4.79 Å². The molecule has 0 fully saturated rings. The molecular weight excluding hydrogens is 337 g/mol. The normalized spacial score (nSPS) is 15.6. The number of rotatable bonds is 1. The van der Waals surface area contributed by atoms with Gasteiger partial charge in [0.05, 0.1) is 0 Å². The molecule has 2 aromatic carbocycles. The molecule has 0 spiro atoms. The van der Waals surface area contributed by atoms with Crippen molar-refractivity contribution in [3.05, 3.63) is 63.2 Å². The molecule has 0 aromatic heterocycles. The van der Waals surface area contributed by atoms with Gasteiger partial charge in [-0.15, -0.1) is 0 Å². The van der Waals surface area contributed by atoms with E-state index in [1.54, 1.807) is 0 Å². The van der Waals surface area contributed by atoms with Gasteiger partial charge in [0.15, 0.2) is 0 Å². The summed E-state index contributed by atoms with van der Waals surface area (Å²) in [5.41, 5.74) is 3.66. The number of fused-ring (bicyclic) bond motifs is 1. The lowest BCUT2D eigenvalue weighted by Gasteiger charge is -2.00. The molecule has 1 amide bonds. The van der Waals surface area contributed by atoms with Crippen molar-refractivity contribution >= 4 is 45.8 Å². The van der Waals surface area contributed by atoms with Gasteiger partial charge in [0, 0.05) is 20.4 Å². The van der Waals surface area contributed by atoms with Gasteiger partial charge in [-0.1, -0.05) is 36.4 Å². The van der Waals surface area contributed by atoms with Crippen molar-refractivity contribution in [3.8, 4) is 0 Å². The Morgan fingerprint density at radius 2 is 1.72 bits per heavy atom. The van der Waals surface area contributed by atoms with Gasteiger partial charge < -0.3 is 5.32 Å². The number of hydrogen-bond donors (Lipinski definition) is 1. The van der Waals surface area contributed by atoms with Gasteiger partial charge in [-0.25, -0.2) is 0 Å². The second-order valence-corrected chi connectivity index (χ2v) is 5.24. The average Bonchev–Trinajstić information content (AvgIpc) is 2.69. The molecule has 88 valence electrons. The van der Waals surface area contributed by atoms with E-state index in [-0.39, 0.29) is 5.91 Å². The summed E-state index contributed by atoms with van der Waals surface area (Å²) in [6, 6.07) is 15.8. The fourth-order valence-electron chi connectivity index (χ4n) is 2.03. The van der Waals surface area contributed by atoms with Gasteiger partial charge >= 0.3 is 0 Å². The Morgan fingerprint density at radius 3 is 2.56 bits per heavy atom. The van der Waals surface area contributed by atoms with E-state index in [4.69, 9.17) is 0 Å². The summed E-state index contributed by atoms with van der Waals surface area (Å²) in [7, 11) is 0. The summed E-state index contributed by atoms with van der Waals surface area (Å²) in [4.78, 5) is 12.0. The number of carbonyl (C=O) groups excluding carboxylic acids is 1. The molecule has 0 saturated heterocycles. The molecule has 2 nitrogen and oxygen atoms in total. The highest BCUT2D eigenvalue weighted by Gasteiger charge is 2.23. The Labute approximate surface area is 119 Å². The van der Waals surface area contributed by atoms with E-state index >= 15 is 0 Å². The summed E-state index contributed by atoms with van der Waals surface area (Å²) in [6.07, 6.45) is 1.95. The van der Waals surface area contributed by atoms with Crippen LogP contribution in [0.1, 0.15) is 11.1 Å². The second kappa shape index (κ2) is 4.57. The number of amides is 1. The van der Waals surface area contributed by atoms with Crippen LogP contribution in [0.15, 0.2) is 48.5 Å². The molecule has 3 heteroatoms. The Hall–Kier alpha value is -1.62. The summed E-state index contributed by atoms with van der Waals surface area (Å²) < 4.78 is 1.14. The Bertz CT molecular complexity index is 661. The maximum atomic E-state index is 12.0. The van der Waals surface area contributed by atoms with Crippen LogP contribution in [0.4, 0.5) is 5.69 Å². The van der Waals surface area contributed by atoms with Crippen LogP contribution in [0.3, 0.4) is 0 Å². The Morgan fingerprint density at radius 1 is 1.00 bits per heavy atom. The first kappa shape index (κ1) is 11.5. The van der Waals surface area contributed by atoms with E-state index in [0.717, 1.165) is 26.0 Å². The number of carbonyl (C=O) groups is 1. The molecule has 0 bridgehead atoms. The highest BCUT2D eigenvalue weighted by molar-refractivity contribution is 14.1. The summed E-state index contributed by atoms with van der Waals surface area (Å²) in [5.74, 6) is -0.0316. The van der Waals surface area contributed by atoms with Crippen molar-refractivity contribution in [2.24, 2.45) is 0 Å². The number of nitrogens with one attached hydrogen (secondary N) is 1. The van der Waals surface area contributed by atoms with E-state index in [1.807, 2.05) is 54.6 Å². The third-order valence-electron chi connectivity index (χ3n) is 2.92. The van der Waals surface area contributed by atoms with Crippen LogP contribution in [0.25, 0.3) is 11.6 Å². The molecule has 0 aliphatic carbocycles. The minimum absolute atomic E-state index is 0.0316. The molecule has 1 N–H and O–H groups in total. The molecule has 3 rings (SSSR count). The Kier molecular flexibility index (Phi) is 2.91. The quantitative estimate of drug-likeness (QED) is 0.617. The van der Waals surface area contributed by atoms with E-state index in [9.17, 15) is 4.79 Å². The molecule has 0 saturated carbocycles. The van der Waals surface area contributed by atoms with E-state index < -0.39 is 0 Å². The molecular formula is C15H10INO. The smallest absolute Gasteiger partial charge is 0.256 e. The molecule has 1 aliphatic rings. The fraction of sp³-hybridized carbons (Fsp3) is 0. The van der Waals surface area contributed by atoms with Crippen LogP contribution >= 0.6 is 22.6 Å². The van der Waals surface area contributed by atoms with Crippen LogP contribution in [0.2, 0.25) is 0 Å². The first-order valence-corrected chi connectivity index (χ1v) is 6.70. The fourth-order valence-corrected chi connectivity index (χ4v) is 2.57. The molecule has 1 heterocycles. The first-order valence-electron chi connectivity index (χ1n) is 5.63. The van der Waals surface area contributed by atoms with E-state index in [1.165, 1.54) is 0 Å². The van der Waals surface area contributed by atoms with Crippen molar-refractivity contribution in [2.45, 2.75) is 0 Å². The lowest BCUT2D eigenvalue weighted by atomic mass is 10.0. The molecule has 0 atom stereocenters. The van der Waals surface area contributed by atoms with Crippen LogP contribution in [-0.4, -0.2) is 5.91 Å². The predicted molar refractivity (Wildman–Crippen MR) is 82.1 cm³/mol. The third kappa shape index (κ3) is 1.95. The number of benzene rings is 2. The number of anilines is 1. The van der Waals surface area contributed by atoms with Crippen molar-refractivity contribution in [2.75, 3.05) is 5.32 Å². The maximum absolute atomic E-state index is 12.0. The highest BCUT2D eigenvalue weighted by atomic mass is 127. The van der Waals surface area contributed by atoms with Gasteiger partial charge in [0.2, 0.25) is 0 Å². The van der Waals surface area contributed by atoms with Crippen molar-refractivity contribution in [3.63, 3.8) is 0 Å². The standard InChI is InChI=1S/C15H10INO/c16-13-7-3-1-5-10(13)9-12-11-6-2-4-8-14(11)17-15(12)18/h1-9H,(H,17,18)/b12-9+. The third-order valence-corrected chi connectivity index (χ3v) is 3.90. The van der Waals surface area contributed by atoms with Crippen molar-refractivity contribution in [1.29, 1.82) is 0 Å². The summed E-state index contributed by atoms with van der Waals surface area (Å²) in [5, 5.41) is 2.88. The molecule has 0 unspecified atom stereocenters. The van der Waals surface area contributed by atoms with Crippen LogP contribution < -0.4 is 5.32 Å². The molecule has 18 heavy (non-hydrogen) atoms. The first-order chi connectivity index (χ1) is 8.75. The lowest BCUT2D eigenvalue weighted by molar-refractivity contribution is -0.110. The van der Waals surface area contributed by atoms with Crippen LogP contribution in [0, 0.1) is 3.57 Å². The zero-order chi connectivity index (χ0) is 12.5. The highest BCUT2D eigenvalue weighted by Crippen LogP contribution is 2.33. The van der Waals surface area contributed by atoms with Gasteiger partial charge in [-0.05, 0) is 46.4 Å². The largest absolute Gasteiger partial charge is 0.321 e. The maximum Gasteiger partial charge on any atom is 0.256 e. The number of halogens is 1. The van der Waals surface area contributed by atoms with Crippen LogP contribution in [-0.2, 0) is 4.79 Å². The molecule has 0 radical (unpaired) electrons. The minimum atomic E-state index is -0.0316. The van der Waals surface area contributed by atoms with Gasteiger partial charge in [0.1, 0.15) is 0 Å². The minimum Gasteiger partial charge on any atom is -0.321 e.